The number of carbonyl (C=O) groups excluding carboxylic acids is 1. The quantitative estimate of drug-likeness (QED) is 0.440. The third-order valence-corrected chi connectivity index (χ3v) is 1.88. The molecule has 11 heavy (non-hydrogen) atoms. The fraction of sp³-hybridized carbons (Fsp3) is 0.875. The fourth-order valence-electron chi connectivity index (χ4n) is 1.42. The van der Waals surface area contributed by atoms with Crippen molar-refractivity contribution in [2.75, 3.05) is 0 Å². The van der Waals surface area contributed by atoms with Gasteiger partial charge in [0.05, 0.1) is 0 Å². The zero-order chi connectivity index (χ0) is 7.40. The fourth-order valence-corrected chi connectivity index (χ4v) is 1.42. The van der Waals surface area contributed by atoms with E-state index in [1.165, 1.54) is 26.2 Å². The Morgan fingerprint density at radius 2 is 1.91 bits per heavy atom. The van der Waals surface area contributed by atoms with E-state index >= 15 is 0 Å². The van der Waals surface area contributed by atoms with E-state index in [0.29, 0.717) is 0 Å². The van der Waals surface area contributed by atoms with Crippen LogP contribution in [0.15, 0.2) is 0 Å². The minimum absolute atomic E-state index is 0. The van der Waals surface area contributed by atoms with Crippen molar-refractivity contribution in [2.24, 2.45) is 0 Å². The first kappa shape index (κ1) is 11.2. The Hall–Kier alpha value is 0.236. The first-order chi connectivity index (χ1) is 4.79. The Labute approximate surface area is 86.8 Å². The first-order valence-electron chi connectivity index (χ1n) is 3.96. The summed E-state index contributed by atoms with van der Waals surface area (Å²) < 4.78 is 5.05. The first-order valence-corrected chi connectivity index (χ1v) is 3.96. The molecule has 1 saturated carbocycles. The maximum atomic E-state index is 10.5. The van der Waals surface area contributed by atoms with Crippen molar-refractivity contribution < 1.29 is 12.4 Å². The van der Waals surface area contributed by atoms with Gasteiger partial charge in [0.25, 0.3) is 0 Å². The molecule has 62 valence electrons. The second kappa shape index (κ2) is 5.83. The molecule has 1 aliphatic carbocycles. The largest absolute Gasteiger partial charge is 2.00 e. The van der Waals surface area contributed by atoms with Crippen LogP contribution in [0.4, 0.5) is 0 Å². The summed E-state index contributed by atoms with van der Waals surface area (Å²) in [5.74, 6) is -0.132. The SMILES string of the molecule is CC(=O)OC1CCCCC1.[H-].[H-].[Mg+2]. The van der Waals surface area contributed by atoms with E-state index in [0.717, 1.165) is 12.8 Å². The van der Waals surface area contributed by atoms with Crippen LogP contribution in [-0.4, -0.2) is 35.1 Å². The minimum atomic E-state index is -0.132. The van der Waals surface area contributed by atoms with Crippen molar-refractivity contribution in [3.63, 3.8) is 0 Å². The molecule has 0 N–H and O–H groups in total. The number of ether oxygens (including phenoxy) is 1. The molecule has 0 atom stereocenters. The molecule has 2 nitrogen and oxygen atoms in total. The molecule has 1 fully saturated rings. The van der Waals surface area contributed by atoms with Crippen LogP contribution in [-0.2, 0) is 9.53 Å². The van der Waals surface area contributed by atoms with E-state index in [-0.39, 0.29) is 38.0 Å². The monoisotopic (exact) mass is 168 g/mol. The maximum Gasteiger partial charge on any atom is 2.00 e. The molecule has 1 rings (SSSR count). The van der Waals surface area contributed by atoms with Crippen molar-refractivity contribution in [1.29, 1.82) is 0 Å². The van der Waals surface area contributed by atoms with E-state index in [1.807, 2.05) is 0 Å². The van der Waals surface area contributed by atoms with Gasteiger partial charge in [0.2, 0.25) is 0 Å². The maximum absolute atomic E-state index is 10.5. The van der Waals surface area contributed by atoms with Gasteiger partial charge in [-0.05, 0) is 25.7 Å². The van der Waals surface area contributed by atoms with Crippen molar-refractivity contribution >= 4 is 29.0 Å². The van der Waals surface area contributed by atoms with Crippen LogP contribution in [0.2, 0.25) is 0 Å². The predicted molar refractivity (Wildman–Crippen MR) is 46.6 cm³/mol. The Balaban J connectivity index is -0.000000333. The summed E-state index contributed by atoms with van der Waals surface area (Å²) >= 11 is 0. The second-order valence-corrected chi connectivity index (χ2v) is 2.87. The average molecular weight is 169 g/mol. The van der Waals surface area contributed by atoms with Crippen molar-refractivity contribution in [2.45, 2.75) is 45.1 Å². The Bertz CT molecular complexity index is 127. The van der Waals surface area contributed by atoms with Gasteiger partial charge in [-0.2, -0.15) is 0 Å². The molecule has 3 heteroatoms. The molecular weight excluding hydrogens is 152 g/mol. The zero-order valence-corrected chi connectivity index (χ0v) is 8.55. The van der Waals surface area contributed by atoms with E-state index in [4.69, 9.17) is 4.74 Å². The molecule has 0 unspecified atom stereocenters. The van der Waals surface area contributed by atoms with Crippen LogP contribution < -0.4 is 0 Å². The Kier molecular flexibility index (Phi) is 5.96. The summed E-state index contributed by atoms with van der Waals surface area (Å²) in [6.45, 7) is 1.48. The number of rotatable bonds is 1. The van der Waals surface area contributed by atoms with Crippen molar-refractivity contribution in [3.05, 3.63) is 0 Å². The predicted octanol–water partition coefficient (Wildman–Crippen LogP) is 1.73. The van der Waals surface area contributed by atoms with Crippen LogP contribution in [0.1, 0.15) is 41.9 Å². The van der Waals surface area contributed by atoms with Crippen LogP contribution >= 0.6 is 0 Å². The smallest absolute Gasteiger partial charge is 1.00 e. The molecular formula is C8H16MgO2. The molecule has 0 amide bonds. The van der Waals surface area contributed by atoms with E-state index in [1.54, 1.807) is 0 Å². The minimum Gasteiger partial charge on any atom is -1.00 e. The van der Waals surface area contributed by atoms with Gasteiger partial charge in [0, 0.05) is 6.92 Å². The van der Waals surface area contributed by atoms with Gasteiger partial charge in [-0.25, -0.2) is 0 Å². The summed E-state index contributed by atoms with van der Waals surface area (Å²) in [4.78, 5) is 10.5. The summed E-state index contributed by atoms with van der Waals surface area (Å²) in [6, 6.07) is 0. The Morgan fingerprint density at radius 1 is 1.36 bits per heavy atom. The number of carbonyl (C=O) groups is 1. The van der Waals surface area contributed by atoms with E-state index in [9.17, 15) is 4.79 Å². The molecule has 0 spiro atoms. The van der Waals surface area contributed by atoms with Crippen LogP contribution in [0, 0.1) is 0 Å². The third kappa shape index (κ3) is 4.64. The number of hydrogen-bond acceptors (Lipinski definition) is 2. The molecule has 0 aromatic rings. The third-order valence-electron chi connectivity index (χ3n) is 1.88. The van der Waals surface area contributed by atoms with Gasteiger partial charge in [-0.15, -0.1) is 0 Å². The topological polar surface area (TPSA) is 26.3 Å². The summed E-state index contributed by atoms with van der Waals surface area (Å²) in [6.07, 6.45) is 6.11. The summed E-state index contributed by atoms with van der Waals surface area (Å²) in [5.41, 5.74) is 0. The zero-order valence-electron chi connectivity index (χ0n) is 9.14. The van der Waals surface area contributed by atoms with Gasteiger partial charge < -0.3 is 7.59 Å². The number of hydrogen-bond donors (Lipinski definition) is 0. The molecule has 0 radical (unpaired) electrons. The van der Waals surface area contributed by atoms with Gasteiger partial charge in [-0.3, -0.25) is 4.79 Å². The van der Waals surface area contributed by atoms with E-state index < -0.39 is 0 Å². The molecule has 0 heterocycles. The van der Waals surface area contributed by atoms with Gasteiger partial charge in [-0.1, -0.05) is 6.42 Å². The van der Waals surface area contributed by atoms with Crippen LogP contribution in [0.3, 0.4) is 0 Å². The molecule has 0 saturated heterocycles. The Morgan fingerprint density at radius 3 is 2.36 bits per heavy atom. The normalized spacial score (nSPS) is 18.6. The molecule has 0 aliphatic heterocycles. The van der Waals surface area contributed by atoms with Gasteiger partial charge in [0.1, 0.15) is 6.10 Å². The van der Waals surface area contributed by atoms with E-state index in [2.05, 4.69) is 0 Å². The second-order valence-electron chi connectivity index (χ2n) is 2.87. The molecule has 0 aromatic heterocycles. The van der Waals surface area contributed by atoms with Crippen molar-refractivity contribution in [1.82, 2.24) is 0 Å². The summed E-state index contributed by atoms with van der Waals surface area (Å²) in [5, 5.41) is 0. The average Bonchev–Trinajstić information content (AvgIpc) is 1.88. The molecule has 1 aliphatic rings. The van der Waals surface area contributed by atoms with Gasteiger partial charge >= 0.3 is 29.0 Å². The number of esters is 1. The summed E-state index contributed by atoms with van der Waals surface area (Å²) in [7, 11) is 0. The molecule has 0 aromatic carbocycles. The van der Waals surface area contributed by atoms with Crippen molar-refractivity contribution in [3.8, 4) is 0 Å². The molecule has 0 bridgehead atoms. The van der Waals surface area contributed by atoms with Crippen LogP contribution in [0.5, 0.6) is 0 Å². The van der Waals surface area contributed by atoms with Gasteiger partial charge in [0.15, 0.2) is 0 Å². The van der Waals surface area contributed by atoms with Crippen LogP contribution in [0.25, 0.3) is 0 Å². The standard InChI is InChI=1S/C8H14O2.Mg.2H/c1-7(9)10-8-5-3-2-4-6-8;;;/h8H,2-6H2,1H3;;;/q;+2;2*-1.